The Morgan fingerprint density at radius 1 is 1.55 bits per heavy atom. The van der Waals surface area contributed by atoms with Gasteiger partial charge in [-0.1, -0.05) is 34.8 Å². The molecule has 66 valence electrons. The van der Waals surface area contributed by atoms with Crippen LogP contribution in [0.3, 0.4) is 0 Å². The van der Waals surface area contributed by atoms with Crippen LogP contribution in [0.4, 0.5) is 0 Å². The number of aliphatic hydroxyl groups is 1. The fourth-order valence-electron chi connectivity index (χ4n) is 0.389. The van der Waals surface area contributed by atoms with Gasteiger partial charge in [0.05, 0.1) is 0 Å². The van der Waals surface area contributed by atoms with Crippen molar-refractivity contribution in [2.45, 2.75) is 22.9 Å². The molecule has 0 amide bonds. The third kappa shape index (κ3) is 3.42. The second-order valence-electron chi connectivity index (χ2n) is 2.01. The Balaban J connectivity index is 4.25. The predicted octanol–water partition coefficient (Wildman–Crippen LogP) is 1.38. The zero-order valence-corrected chi connectivity index (χ0v) is 7.77. The summed E-state index contributed by atoms with van der Waals surface area (Å²) in [5.74, 6) is 0. The number of aliphatic hydroxyl groups excluding tert-OH is 1. The Morgan fingerprint density at radius 3 is 2.00 bits per heavy atom. The van der Waals surface area contributed by atoms with Gasteiger partial charge in [0.25, 0.3) is 0 Å². The second kappa shape index (κ2) is 3.76. The van der Waals surface area contributed by atoms with E-state index >= 15 is 0 Å². The summed E-state index contributed by atoms with van der Waals surface area (Å²) in [5, 5.41) is 19.0. The Bertz CT molecular complexity index is 157. The quantitative estimate of drug-likeness (QED) is 0.436. The molecule has 0 fully saturated rings. The Hall–Kier alpha value is 0.230. The summed E-state index contributed by atoms with van der Waals surface area (Å²) in [4.78, 5) is 9.34. The number of alkyl halides is 3. The summed E-state index contributed by atoms with van der Waals surface area (Å²) < 4.78 is -2.01. The van der Waals surface area contributed by atoms with E-state index in [9.17, 15) is 10.1 Å². The first-order valence-corrected chi connectivity index (χ1v) is 3.78. The van der Waals surface area contributed by atoms with E-state index in [1.54, 1.807) is 0 Å². The largest absolute Gasteiger partial charge is 0.382 e. The van der Waals surface area contributed by atoms with E-state index in [0.717, 1.165) is 6.92 Å². The lowest BCUT2D eigenvalue weighted by Crippen LogP contribution is -2.40. The van der Waals surface area contributed by atoms with Crippen LogP contribution in [0.1, 0.15) is 6.92 Å². The van der Waals surface area contributed by atoms with Crippen LogP contribution in [0.5, 0.6) is 0 Å². The van der Waals surface area contributed by atoms with Crippen LogP contribution >= 0.6 is 34.8 Å². The van der Waals surface area contributed by atoms with Crippen molar-refractivity contribution in [1.82, 2.24) is 0 Å². The molecule has 0 aliphatic rings. The molecular weight excluding hydrogens is 216 g/mol. The number of hydrogen-bond acceptors (Lipinski definition) is 3. The Morgan fingerprint density at radius 2 is 1.91 bits per heavy atom. The minimum Gasteiger partial charge on any atom is -0.382 e. The van der Waals surface area contributed by atoms with Crippen LogP contribution in [-0.2, 0) is 0 Å². The summed E-state index contributed by atoms with van der Waals surface area (Å²) >= 11 is 15.6. The van der Waals surface area contributed by atoms with Crippen LogP contribution in [0, 0.1) is 10.1 Å². The monoisotopic (exact) mass is 221 g/mol. The van der Waals surface area contributed by atoms with Gasteiger partial charge < -0.3 is 5.11 Å². The minimum absolute atomic E-state index is 0.716. The highest BCUT2D eigenvalue weighted by atomic mass is 35.6. The van der Waals surface area contributed by atoms with Gasteiger partial charge in [0.15, 0.2) is 6.10 Å². The van der Waals surface area contributed by atoms with Gasteiger partial charge in [0.2, 0.25) is 9.83 Å². The molecule has 0 rings (SSSR count). The average molecular weight is 222 g/mol. The van der Waals surface area contributed by atoms with E-state index in [-0.39, 0.29) is 0 Å². The maximum Gasteiger partial charge on any atom is 0.240 e. The van der Waals surface area contributed by atoms with Crippen molar-refractivity contribution < 1.29 is 10.0 Å². The first-order chi connectivity index (χ1) is 4.76. The van der Waals surface area contributed by atoms with Gasteiger partial charge in [-0.25, -0.2) is 0 Å². The summed E-state index contributed by atoms with van der Waals surface area (Å²) in [6.07, 6.45) is -1.59. The molecule has 0 aromatic heterocycles. The van der Waals surface area contributed by atoms with Gasteiger partial charge in [-0.3, -0.25) is 10.1 Å². The molecule has 11 heavy (non-hydrogen) atoms. The van der Waals surface area contributed by atoms with Crippen molar-refractivity contribution in [2.24, 2.45) is 0 Å². The molecule has 0 aliphatic heterocycles. The molecule has 0 saturated heterocycles. The maximum absolute atomic E-state index is 10.1. The first kappa shape index (κ1) is 11.2. The fraction of sp³-hybridized carbons (Fsp3) is 1.00. The number of rotatable bonds is 2. The highest BCUT2D eigenvalue weighted by molar-refractivity contribution is 6.68. The molecule has 0 heterocycles. The standard InChI is InChI=1S/C4H6Cl3NO3/c1-2(8(10)11)3(9)4(5,6)7/h2-3,9H,1H3/t2-,3-/m1/s1. The Kier molecular flexibility index (Phi) is 3.84. The molecule has 2 atom stereocenters. The summed E-state index contributed by atoms with van der Waals surface area (Å²) in [6, 6.07) is -1.29. The molecule has 0 aromatic carbocycles. The Labute approximate surface area is 78.2 Å². The van der Waals surface area contributed by atoms with Gasteiger partial charge in [-0.15, -0.1) is 0 Å². The maximum atomic E-state index is 10.1. The zero-order chi connectivity index (χ0) is 9.23. The van der Waals surface area contributed by atoms with Crippen molar-refractivity contribution in [3.8, 4) is 0 Å². The van der Waals surface area contributed by atoms with Crippen molar-refractivity contribution in [3.63, 3.8) is 0 Å². The van der Waals surface area contributed by atoms with Crippen molar-refractivity contribution >= 4 is 34.8 Å². The first-order valence-electron chi connectivity index (χ1n) is 2.65. The molecule has 0 aliphatic carbocycles. The molecular formula is C4H6Cl3NO3. The molecule has 4 nitrogen and oxygen atoms in total. The summed E-state index contributed by atoms with van der Waals surface area (Å²) in [5.41, 5.74) is 0. The number of halogens is 3. The molecule has 0 spiro atoms. The van der Waals surface area contributed by atoms with Gasteiger partial charge in [-0.05, 0) is 0 Å². The lowest BCUT2D eigenvalue weighted by atomic mass is 10.2. The normalized spacial score (nSPS) is 17.5. The van der Waals surface area contributed by atoms with E-state index < -0.39 is 20.9 Å². The minimum atomic E-state index is -2.01. The highest BCUT2D eigenvalue weighted by Gasteiger charge is 2.40. The molecule has 0 radical (unpaired) electrons. The fourth-order valence-corrected chi connectivity index (χ4v) is 0.936. The predicted molar refractivity (Wildman–Crippen MR) is 42.8 cm³/mol. The van der Waals surface area contributed by atoms with Crippen LogP contribution in [0.25, 0.3) is 0 Å². The van der Waals surface area contributed by atoms with Crippen molar-refractivity contribution in [2.75, 3.05) is 0 Å². The lowest BCUT2D eigenvalue weighted by Gasteiger charge is -2.19. The van der Waals surface area contributed by atoms with Crippen molar-refractivity contribution in [3.05, 3.63) is 10.1 Å². The van der Waals surface area contributed by atoms with E-state index in [1.165, 1.54) is 0 Å². The van der Waals surface area contributed by atoms with E-state index in [0.29, 0.717) is 0 Å². The average Bonchev–Trinajstić information content (AvgIpc) is 1.82. The van der Waals surface area contributed by atoms with Crippen LogP contribution in [-0.4, -0.2) is 26.0 Å². The third-order valence-electron chi connectivity index (χ3n) is 1.12. The van der Waals surface area contributed by atoms with Gasteiger partial charge in [0, 0.05) is 11.8 Å². The number of nitro groups is 1. The second-order valence-corrected chi connectivity index (χ2v) is 4.38. The molecule has 0 bridgehead atoms. The smallest absolute Gasteiger partial charge is 0.240 e. The van der Waals surface area contributed by atoms with E-state index in [2.05, 4.69) is 0 Å². The van der Waals surface area contributed by atoms with E-state index in [1.807, 2.05) is 0 Å². The summed E-state index contributed by atoms with van der Waals surface area (Å²) in [7, 11) is 0. The highest BCUT2D eigenvalue weighted by Crippen LogP contribution is 2.32. The summed E-state index contributed by atoms with van der Waals surface area (Å²) in [6.45, 7) is 1.16. The van der Waals surface area contributed by atoms with Crippen molar-refractivity contribution in [1.29, 1.82) is 0 Å². The van der Waals surface area contributed by atoms with E-state index in [4.69, 9.17) is 39.9 Å². The third-order valence-corrected chi connectivity index (χ3v) is 1.80. The zero-order valence-electron chi connectivity index (χ0n) is 5.50. The number of hydrogen-bond donors (Lipinski definition) is 1. The number of nitrogens with zero attached hydrogens (tertiary/aromatic N) is 1. The van der Waals surface area contributed by atoms with Crippen LogP contribution in [0.2, 0.25) is 0 Å². The topological polar surface area (TPSA) is 63.4 Å². The lowest BCUT2D eigenvalue weighted by molar-refractivity contribution is -0.529. The molecule has 7 heteroatoms. The van der Waals surface area contributed by atoms with Crippen LogP contribution in [0.15, 0.2) is 0 Å². The SMILES string of the molecule is C[C@H]([C@@H](O)C(Cl)(Cl)Cl)[N+](=O)[O-]. The molecule has 1 N–H and O–H groups in total. The molecule has 0 saturated carbocycles. The van der Waals surface area contributed by atoms with Crippen LogP contribution < -0.4 is 0 Å². The van der Waals surface area contributed by atoms with Gasteiger partial charge in [-0.2, -0.15) is 0 Å². The molecule has 0 unspecified atom stereocenters. The van der Waals surface area contributed by atoms with Gasteiger partial charge >= 0.3 is 0 Å². The van der Waals surface area contributed by atoms with Gasteiger partial charge in [0.1, 0.15) is 0 Å². The molecule has 0 aromatic rings.